The Morgan fingerprint density at radius 3 is 2.53 bits per heavy atom. The SMILES string of the molecule is CCC(CN1CCN(c2ccccc2)C1=O)NC.Cl. The zero-order valence-corrected chi connectivity index (χ0v) is 12.3. The van der Waals surface area contributed by atoms with Crippen LogP contribution in [0.1, 0.15) is 13.3 Å². The number of nitrogens with one attached hydrogen (secondary N) is 1. The molecule has 0 aromatic heterocycles. The molecule has 1 atom stereocenters. The Morgan fingerprint density at radius 2 is 1.95 bits per heavy atom. The third kappa shape index (κ3) is 3.61. The van der Waals surface area contributed by atoms with E-state index >= 15 is 0 Å². The molecule has 1 fully saturated rings. The normalized spacial score (nSPS) is 16.4. The quantitative estimate of drug-likeness (QED) is 0.900. The zero-order chi connectivity index (χ0) is 13.0. The monoisotopic (exact) mass is 283 g/mol. The Kier molecular flexibility index (Phi) is 6.12. The van der Waals surface area contributed by atoms with E-state index in [1.807, 2.05) is 47.2 Å². The van der Waals surface area contributed by atoms with Gasteiger partial charge in [0.15, 0.2) is 0 Å². The fraction of sp³-hybridized carbons (Fsp3) is 0.500. The zero-order valence-electron chi connectivity index (χ0n) is 11.5. The van der Waals surface area contributed by atoms with Crippen molar-refractivity contribution in [3.8, 4) is 0 Å². The molecular formula is C14H22ClN3O. The summed E-state index contributed by atoms with van der Waals surface area (Å²) in [5, 5.41) is 3.24. The van der Waals surface area contributed by atoms with Crippen LogP contribution in [0.15, 0.2) is 30.3 Å². The summed E-state index contributed by atoms with van der Waals surface area (Å²) in [6, 6.07) is 10.4. The lowest BCUT2D eigenvalue weighted by atomic mass is 10.2. The van der Waals surface area contributed by atoms with Crippen LogP contribution < -0.4 is 10.2 Å². The number of hydrogen-bond donors (Lipinski definition) is 1. The van der Waals surface area contributed by atoms with Gasteiger partial charge in [0, 0.05) is 31.4 Å². The molecule has 0 aliphatic carbocycles. The fourth-order valence-corrected chi connectivity index (χ4v) is 2.29. The highest BCUT2D eigenvalue weighted by molar-refractivity contribution is 5.94. The van der Waals surface area contributed by atoms with Gasteiger partial charge in [0.25, 0.3) is 0 Å². The van der Waals surface area contributed by atoms with Crippen molar-refractivity contribution in [2.75, 3.05) is 31.6 Å². The van der Waals surface area contributed by atoms with Crippen molar-refractivity contribution >= 4 is 24.1 Å². The molecular weight excluding hydrogens is 262 g/mol. The minimum atomic E-state index is 0. The molecule has 1 unspecified atom stereocenters. The smallest absolute Gasteiger partial charge is 0.321 e. The van der Waals surface area contributed by atoms with Crippen LogP contribution in [-0.2, 0) is 0 Å². The highest BCUT2D eigenvalue weighted by atomic mass is 35.5. The first-order chi connectivity index (χ1) is 8.76. The molecule has 1 aliphatic heterocycles. The number of carbonyl (C=O) groups is 1. The maximum atomic E-state index is 12.3. The minimum Gasteiger partial charge on any atom is -0.321 e. The van der Waals surface area contributed by atoms with Crippen LogP contribution in [0.25, 0.3) is 0 Å². The third-order valence-electron chi connectivity index (χ3n) is 3.50. The highest BCUT2D eigenvalue weighted by Gasteiger charge is 2.30. The first-order valence-corrected chi connectivity index (χ1v) is 6.55. The fourth-order valence-electron chi connectivity index (χ4n) is 2.29. The summed E-state index contributed by atoms with van der Waals surface area (Å²) >= 11 is 0. The van der Waals surface area contributed by atoms with E-state index in [9.17, 15) is 4.79 Å². The molecule has 1 aliphatic rings. The van der Waals surface area contributed by atoms with Gasteiger partial charge in [-0.1, -0.05) is 25.1 Å². The van der Waals surface area contributed by atoms with E-state index in [2.05, 4.69) is 12.2 Å². The van der Waals surface area contributed by atoms with E-state index in [4.69, 9.17) is 0 Å². The summed E-state index contributed by atoms with van der Waals surface area (Å²) in [6.07, 6.45) is 1.03. The number of nitrogens with zero attached hydrogens (tertiary/aromatic N) is 2. The standard InChI is InChI=1S/C14H21N3O.ClH/c1-3-12(15-2)11-16-9-10-17(14(16)18)13-7-5-4-6-8-13;/h4-8,12,15H,3,9-11H2,1-2H3;1H. The lowest BCUT2D eigenvalue weighted by molar-refractivity contribution is 0.215. The molecule has 0 spiro atoms. The van der Waals surface area contributed by atoms with E-state index in [1.165, 1.54) is 0 Å². The van der Waals surface area contributed by atoms with Gasteiger partial charge in [0.05, 0.1) is 0 Å². The van der Waals surface area contributed by atoms with E-state index in [-0.39, 0.29) is 18.4 Å². The molecule has 0 bridgehead atoms. The first-order valence-electron chi connectivity index (χ1n) is 6.55. The van der Waals surface area contributed by atoms with Crippen molar-refractivity contribution in [1.82, 2.24) is 10.2 Å². The minimum absolute atomic E-state index is 0. The van der Waals surface area contributed by atoms with Gasteiger partial charge in [0.1, 0.15) is 0 Å². The summed E-state index contributed by atoms with van der Waals surface area (Å²) in [6.45, 7) is 4.51. The number of anilines is 1. The van der Waals surface area contributed by atoms with Gasteiger partial charge in [-0.2, -0.15) is 0 Å². The number of carbonyl (C=O) groups excluding carboxylic acids is 1. The van der Waals surface area contributed by atoms with Gasteiger partial charge in [0.2, 0.25) is 0 Å². The van der Waals surface area contributed by atoms with Gasteiger partial charge in [-0.3, -0.25) is 4.90 Å². The highest BCUT2D eigenvalue weighted by Crippen LogP contribution is 2.19. The van der Waals surface area contributed by atoms with Crippen molar-refractivity contribution in [2.45, 2.75) is 19.4 Å². The Hall–Kier alpha value is -1.26. The van der Waals surface area contributed by atoms with E-state index < -0.39 is 0 Å². The first kappa shape index (κ1) is 15.8. The molecule has 106 valence electrons. The van der Waals surface area contributed by atoms with Crippen molar-refractivity contribution < 1.29 is 4.79 Å². The molecule has 1 N–H and O–H groups in total. The average molecular weight is 284 g/mol. The summed E-state index contributed by atoms with van der Waals surface area (Å²) in [5.41, 5.74) is 0.988. The van der Waals surface area contributed by atoms with Gasteiger partial charge in [-0.25, -0.2) is 4.79 Å². The number of rotatable bonds is 5. The Balaban J connectivity index is 0.00000180. The molecule has 0 saturated carbocycles. The number of benzene rings is 1. The molecule has 1 saturated heterocycles. The second kappa shape index (κ2) is 7.36. The van der Waals surface area contributed by atoms with Crippen molar-refractivity contribution in [3.05, 3.63) is 30.3 Å². The molecule has 5 heteroatoms. The van der Waals surface area contributed by atoms with Crippen LogP contribution in [0.4, 0.5) is 10.5 Å². The van der Waals surface area contributed by atoms with Gasteiger partial charge < -0.3 is 10.2 Å². The van der Waals surface area contributed by atoms with Crippen LogP contribution >= 0.6 is 12.4 Å². The Morgan fingerprint density at radius 1 is 1.26 bits per heavy atom. The molecule has 19 heavy (non-hydrogen) atoms. The second-order valence-corrected chi connectivity index (χ2v) is 4.61. The lowest BCUT2D eigenvalue weighted by Crippen LogP contribution is -2.41. The van der Waals surface area contributed by atoms with Crippen LogP contribution in [0, 0.1) is 0 Å². The topological polar surface area (TPSA) is 35.6 Å². The van der Waals surface area contributed by atoms with Gasteiger partial charge in [-0.05, 0) is 25.6 Å². The number of amides is 2. The molecule has 2 amide bonds. The molecule has 4 nitrogen and oxygen atoms in total. The van der Waals surface area contributed by atoms with Gasteiger partial charge in [-0.15, -0.1) is 12.4 Å². The number of halogens is 1. The molecule has 2 rings (SSSR count). The van der Waals surface area contributed by atoms with Crippen molar-refractivity contribution in [3.63, 3.8) is 0 Å². The summed E-state index contributed by atoms with van der Waals surface area (Å²) in [5.74, 6) is 0. The van der Waals surface area contributed by atoms with Gasteiger partial charge >= 0.3 is 6.03 Å². The molecule has 1 heterocycles. The second-order valence-electron chi connectivity index (χ2n) is 4.61. The van der Waals surface area contributed by atoms with Crippen LogP contribution in [-0.4, -0.2) is 43.7 Å². The van der Waals surface area contributed by atoms with Crippen LogP contribution in [0.3, 0.4) is 0 Å². The number of hydrogen-bond acceptors (Lipinski definition) is 2. The predicted molar refractivity (Wildman–Crippen MR) is 81.1 cm³/mol. The largest absolute Gasteiger partial charge is 0.324 e. The third-order valence-corrected chi connectivity index (χ3v) is 3.50. The lowest BCUT2D eigenvalue weighted by Gasteiger charge is -2.23. The van der Waals surface area contributed by atoms with Crippen LogP contribution in [0.5, 0.6) is 0 Å². The Labute approximate surface area is 121 Å². The van der Waals surface area contributed by atoms with Crippen molar-refractivity contribution in [2.24, 2.45) is 0 Å². The predicted octanol–water partition coefficient (Wildman–Crippen LogP) is 2.35. The van der Waals surface area contributed by atoms with Crippen molar-refractivity contribution in [1.29, 1.82) is 0 Å². The molecule has 1 aromatic carbocycles. The maximum Gasteiger partial charge on any atom is 0.324 e. The summed E-state index contributed by atoms with van der Waals surface area (Å²) < 4.78 is 0. The molecule has 1 aromatic rings. The maximum absolute atomic E-state index is 12.3. The number of para-hydroxylation sites is 1. The van der Waals surface area contributed by atoms with E-state index in [0.29, 0.717) is 6.04 Å². The van der Waals surface area contributed by atoms with E-state index in [0.717, 1.165) is 31.7 Å². The summed E-state index contributed by atoms with van der Waals surface area (Å²) in [7, 11) is 1.95. The number of likely N-dealkylation sites (N-methyl/N-ethyl adjacent to an activating group) is 1. The Bertz CT molecular complexity index is 395. The number of urea groups is 1. The van der Waals surface area contributed by atoms with E-state index in [1.54, 1.807) is 0 Å². The molecule has 0 radical (unpaired) electrons. The summed E-state index contributed by atoms with van der Waals surface area (Å²) in [4.78, 5) is 16.1. The van der Waals surface area contributed by atoms with Crippen LogP contribution in [0.2, 0.25) is 0 Å². The average Bonchev–Trinajstić information content (AvgIpc) is 2.78.